The highest BCUT2D eigenvalue weighted by molar-refractivity contribution is 5.71. The van der Waals surface area contributed by atoms with Crippen LogP contribution in [0.5, 0.6) is 0 Å². The first kappa shape index (κ1) is 10.8. The molecule has 0 amide bonds. The molecule has 0 spiro atoms. The Morgan fingerprint density at radius 2 is 1.86 bits per heavy atom. The number of nitrogens with two attached hydrogens (primary N) is 1. The normalized spacial score (nSPS) is 11.9. The lowest BCUT2D eigenvalue weighted by Gasteiger charge is -2.27. The zero-order valence-electron chi connectivity index (χ0n) is 8.81. The number of nitrogens with one attached hydrogen (secondary N) is 1. The van der Waals surface area contributed by atoms with Crippen LogP contribution in [0, 0.1) is 0 Å². The van der Waals surface area contributed by atoms with Gasteiger partial charge in [0.05, 0.1) is 0 Å². The highest BCUT2D eigenvalue weighted by Gasteiger charge is 2.24. The number of rotatable bonds is 4. The van der Waals surface area contributed by atoms with E-state index in [2.05, 4.69) is 12.2 Å². The molecule has 1 rings (SSSR count). The summed E-state index contributed by atoms with van der Waals surface area (Å²) in [4.78, 5) is 21.9. The first-order valence-electron chi connectivity index (χ1n) is 4.76. The van der Waals surface area contributed by atoms with Crippen molar-refractivity contribution in [3.63, 3.8) is 0 Å². The molecule has 0 bridgehead atoms. The third-order valence-electron chi connectivity index (χ3n) is 2.29. The van der Waals surface area contributed by atoms with Gasteiger partial charge in [0, 0.05) is 5.54 Å². The molecule has 0 heterocycles. The van der Waals surface area contributed by atoms with Crippen LogP contribution in [0.2, 0.25) is 0 Å². The highest BCUT2D eigenvalue weighted by atomic mass is 16.2. The topological polar surface area (TPSA) is 72.2 Å². The Kier molecular flexibility index (Phi) is 2.64. The van der Waals surface area contributed by atoms with Gasteiger partial charge in [0.1, 0.15) is 11.4 Å². The molecule has 0 saturated heterocycles. The molecule has 0 aromatic heterocycles. The first-order chi connectivity index (χ1) is 6.39. The zero-order valence-corrected chi connectivity index (χ0v) is 8.81. The van der Waals surface area contributed by atoms with Crippen LogP contribution in [0.3, 0.4) is 0 Å². The summed E-state index contributed by atoms with van der Waals surface area (Å²) in [6.07, 6.45) is 1.93. The molecule has 0 atom stereocenters. The van der Waals surface area contributed by atoms with Gasteiger partial charge < -0.3 is 11.1 Å². The largest absolute Gasteiger partial charge is 0.394 e. The van der Waals surface area contributed by atoms with Gasteiger partial charge in [0.2, 0.25) is 0 Å². The van der Waals surface area contributed by atoms with Crippen molar-refractivity contribution in [2.45, 2.75) is 39.2 Å². The Morgan fingerprint density at radius 3 is 2.29 bits per heavy atom. The van der Waals surface area contributed by atoms with E-state index < -0.39 is 10.9 Å². The second kappa shape index (κ2) is 3.44. The third-order valence-corrected chi connectivity index (χ3v) is 2.29. The lowest BCUT2D eigenvalue weighted by atomic mass is 9.97. The van der Waals surface area contributed by atoms with Crippen LogP contribution in [0.4, 0.5) is 11.4 Å². The minimum absolute atomic E-state index is 0.0687. The maximum absolute atomic E-state index is 11.1. The summed E-state index contributed by atoms with van der Waals surface area (Å²) in [6.45, 7) is 6.02. The van der Waals surface area contributed by atoms with Crippen LogP contribution in [0.1, 0.15) is 33.6 Å². The van der Waals surface area contributed by atoms with Crippen molar-refractivity contribution in [1.82, 2.24) is 0 Å². The van der Waals surface area contributed by atoms with Gasteiger partial charge in [0.15, 0.2) is 0 Å². The molecule has 0 aliphatic rings. The van der Waals surface area contributed by atoms with Crippen molar-refractivity contribution >= 4 is 11.4 Å². The van der Waals surface area contributed by atoms with Crippen molar-refractivity contribution in [2.75, 3.05) is 11.1 Å². The van der Waals surface area contributed by atoms with Gasteiger partial charge in [-0.25, -0.2) is 0 Å². The number of nitrogen functional groups attached to an aromatic ring is 1. The maximum Gasteiger partial charge on any atom is 0.253 e. The van der Waals surface area contributed by atoms with Crippen molar-refractivity contribution in [2.24, 2.45) is 0 Å². The summed E-state index contributed by atoms with van der Waals surface area (Å²) >= 11 is 0. The summed E-state index contributed by atoms with van der Waals surface area (Å²) in [5.41, 5.74) is 4.51. The maximum atomic E-state index is 11.1. The molecule has 0 aliphatic heterocycles. The summed E-state index contributed by atoms with van der Waals surface area (Å²) < 4.78 is 0. The van der Waals surface area contributed by atoms with E-state index >= 15 is 0 Å². The van der Waals surface area contributed by atoms with Crippen molar-refractivity contribution in [3.05, 3.63) is 20.4 Å². The third kappa shape index (κ3) is 1.78. The summed E-state index contributed by atoms with van der Waals surface area (Å²) in [6, 6.07) is 0. The van der Waals surface area contributed by atoms with Gasteiger partial charge in [-0.05, 0) is 20.3 Å². The van der Waals surface area contributed by atoms with Crippen molar-refractivity contribution in [1.29, 1.82) is 0 Å². The number of anilines is 2. The molecule has 0 saturated carbocycles. The smallest absolute Gasteiger partial charge is 0.253 e. The highest BCUT2D eigenvalue weighted by Crippen LogP contribution is 2.20. The van der Waals surface area contributed by atoms with E-state index in [-0.39, 0.29) is 16.9 Å². The van der Waals surface area contributed by atoms with Gasteiger partial charge in [-0.1, -0.05) is 13.3 Å². The van der Waals surface area contributed by atoms with Crippen LogP contribution in [0.15, 0.2) is 9.59 Å². The molecule has 3 N–H and O–H groups in total. The van der Waals surface area contributed by atoms with E-state index in [0.29, 0.717) is 0 Å². The molecule has 1 aromatic rings. The summed E-state index contributed by atoms with van der Waals surface area (Å²) in [7, 11) is 0. The Bertz CT molecular complexity index is 400. The van der Waals surface area contributed by atoms with E-state index in [1.54, 1.807) is 0 Å². The molecule has 0 radical (unpaired) electrons. The van der Waals surface area contributed by atoms with Crippen LogP contribution < -0.4 is 21.9 Å². The SMILES string of the molecule is CCCC(C)(C)Nc1c(N)c(=O)c1=O. The molecule has 0 fully saturated rings. The standard InChI is InChI=1S/C10H16N2O2/c1-4-5-10(2,3)12-7-6(11)8(13)9(7)14/h12H,4-5,11H2,1-3H3. The van der Waals surface area contributed by atoms with Crippen LogP contribution >= 0.6 is 0 Å². The molecule has 78 valence electrons. The molecule has 0 aliphatic carbocycles. The fourth-order valence-electron chi connectivity index (χ4n) is 1.56. The number of hydrogen-bond donors (Lipinski definition) is 2. The van der Waals surface area contributed by atoms with E-state index in [1.165, 1.54) is 0 Å². The van der Waals surface area contributed by atoms with Crippen LogP contribution in [-0.2, 0) is 0 Å². The molecular formula is C10H16N2O2. The Morgan fingerprint density at radius 1 is 1.29 bits per heavy atom. The van der Waals surface area contributed by atoms with E-state index in [1.807, 2.05) is 13.8 Å². The van der Waals surface area contributed by atoms with E-state index in [0.717, 1.165) is 12.8 Å². The molecular weight excluding hydrogens is 180 g/mol. The molecule has 1 aromatic carbocycles. The lowest BCUT2D eigenvalue weighted by molar-refractivity contribution is 0.510. The van der Waals surface area contributed by atoms with Gasteiger partial charge in [-0.2, -0.15) is 0 Å². The van der Waals surface area contributed by atoms with E-state index in [4.69, 9.17) is 5.73 Å². The van der Waals surface area contributed by atoms with E-state index in [9.17, 15) is 9.59 Å². The minimum atomic E-state index is -0.570. The predicted octanol–water partition coefficient (Wildman–Crippen LogP) is 0.855. The monoisotopic (exact) mass is 196 g/mol. The first-order valence-corrected chi connectivity index (χ1v) is 4.76. The molecule has 0 unspecified atom stereocenters. The van der Waals surface area contributed by atoms with Crippen molar-refractivity contribution < 1.29 is 0 Å². The fourth-order valence-corrected chi connectivity index (χ4v) is 1.56. The van der Waals surface area contributed by atoms with Gasteiger partial charge in [0.25, 0.3) is 10.9 Å². The predicted molar refractivity (Wildman–Crippen MR) is 58.4 cm³/mol. The average Bonchev–Trinajstić information content (AvgIpc) is 2.12. The fraction of sp³-hybridized carbons (Fsp3) is 0.600. The quantitative estimate of drug-likeness (QED) is 0.700. The molecule has 14 heavy (non-hydrogen) atoms. The second-order valence-electron chi connectivity index (χ2n) is 4.21. The summed E-state index contributed by atoms with van der Waals surface area (Å²) in [5.74, 6) is 0. The molecule has 4 nitrogen and oxygen atoms in total. The van der Waals surface area contributed by atoms with Gasteiger partial charge in [-0.3, -0.25) is 9.59 Å². The lowest BCUT2D eigenvalue weighted by Crippen LogP contribution is -2.42. The van der Waals surface area contributed by atoms with Crippen LogP contribution in [0.25, 0.3) is 0 Å². The second-order valence-corrected chi connectivity index (χ2v) is 4.21. The van der Waals surface area contributed by atoms with Gasteiger partial charge in [-0.15, -0.1) is 0 Å². The Balaban J connectivity index is 2.81. The summed E-state index contributed by atoms with van der Waals surface area (Å²) in [5, 5.41) is 3.01. The average molecular weight is 196 g/mol. The Labute approximate surface area is 82.8 Å². The molecule has 4 heteroatoms. The minimum Gasteiger partial charge on any atom is -0.394 e. The van der Waals surface area contributed by atoms with Crippen molar-refractivity contribution in [3.8, 4) is 0 Å². The Hall–Kier alpha value is -1.32. The number of hydrogen-bond acceptors (Lipinski definition) is 4. The zero-order chi connectivity index (χ0) is 10.9. The van der Waals surface area contributed by atoms with Crippen LogP contribution in [-0.4, -0.2) is 5.54 Å². The van der Waals surface area contributed by atoms with Gasteiger partial charge >= 0.3 is 0 Å².